The van der Waals surface area contributed by atoms with E-state index in [9.17, 15) is 5.11 Å². The van der Waals surface area contributed by atoms with Crippen molar-refractivity contribution in [3.05, 3.63) is 29.3 Å². The Kier molecular flexibility index (Phi) is 3.76. The quantitative estimate of drug-likeness (QED) is 0.848. The minimum atomic E-state index is 0.208. The number of benzene rings is 1. The van der Waals surface area contributed by atoms with E-state index in [0.717, 1.165) is 13.1 Å². The second-order valence-electron chi connectivity index (χ2n) is 6.00. The number of rotatable bonds is 5. The average molecular weight is 260 g/mol. The van der Waals surface area contributed by atoms with Crippen molar-refractivity contribution in [2.75, 3.05) is 24.6 Å². The lowest BCUT2D eigenvalue weighted by Crippen LogP contribution is -2.45. The maximum absolute atomic E-state index is 9.54. The van der Waals surface area contributed by atoms with Crippen molar-refractivity contribution in [2.45, 2.75) is 44.7 Å². The van der Waals surface area contributed by atoms with Crippen molar-refractivity contribution in [2.24, 2.45) is 0 Å². The summed E-state index contributed by atoms with van der Waals surface area (Å²) >= 11 is 0. The van der Waals surface area contributed by atoms with Crippen LogP contribution in [0.1, 0.15) is 30.4 Å². The molecule has 2 aliphatic rings. The zero-order chi connectivity index (χ0) is 13.2. The number of anilines is 1. The van der Waals surface area contributed by atoms with Gasteiger partial charge in [-0.25, -0.2) is 0 Å². The Bertz CT molecular complexity index is 442. The first-order chi connectivity index (χ1) is 9.26. The number of nitrogens with one attached hydrogen (secondary N) is 1. The third kappa shape index (κ3) is 3.10. The number of hydrogen-bond donors (Lipinski definition) is 2. The lowest BCUT2D eigenvalue weighted by atomic mass is 9.99. The van der Waals surface area contributed by atoms with Gasteiger partial charge in [-0.15, -0.1) is 0 Å². The molecule has 0 spiro atoms. The molecule has 1 unspecified atom stereocenters. The van der Waals surface area contributed by atoms with Crippen LogP contribution in [0.5, 0.6) is 0 Å². The highest BCUT2D eigenvalue weighted by molar-refractivity contribution is 5.56. The van der Waals surface area contributed by atoms with E-state index in [1.165, 1.54) is 42.5 Å². The van der Waals surface area contributed by atoms with Gasteiger partial charge in [0.15, 0.2) is 0 Å². The summed E-state index contributed by atoms with van der Waals surface area (Å²) < 4.78 is 0. The Labute approximate surface area is 115 Å². The Morgan fingerprint density at radius 2 is 2.26 bits per heavy atom. The van der Waals surface area contributed by atoms with Gasteiger partial charge in [-0.1, -0.05) is 17.7 Å². The van der Waals surface area contributed by atoms with E-state index in [2.05, 4.69) is 35.3 Å². The fourth-order valence-corrected chi connectivity index (χ4v) is 3.01. The molecule has 2 N–H and O–H groups in total. The van der Waals surface area contributed by atoms with E-state index < -0.39 is 0 Å². The fraction of sp³-hybridized carbons (Fsp3) is 0.625. The predicted molar refractivity (Wildman–Crippen MR) is 78.7 cm³/mol. The molecule has 0 aromatic heterocycles. The topological polar surface area (TPSA) is 35.5 Å². The van der Waals surface area contributed by atoms with Gasteiger partial charge >= 0.3 is 0 Å². The van der Waals surface area contributed by atoms with Crippen molar-refractivity contribution < 1.29 is 5.11 Å². The minimum Gasteiger partial charge on any atom is -0.395 e. The van der Waals surface area contributed by atoms with E-state index in [1.807, 2.05) is 0 Å². The number of aliphatic hydroxyl groups excluding tert-OH is 1. The number of aliphatic hydroxyl groups is 1. The van der Waals surface area contributed by atoms with Gasteiger partial charge in [0, 0.05) is 30.9 Å². The van der Waals surface area contributed by atoms with Crippen LogP contribution in [0.25, 0.3) is 0 Å². The lowest BCUT2D eigenvalue weighted by molar-refractivity contribution is 0.242. The van der Waals surface area contributed by atoms with Crippen LogP contribution < -0.4 is 10.2 Å². The summed E-state index contributed by atoms with van der Waals surface area (Å²) in [5, 5.41) is 13.1. The highest BCUT2D eigenvalue weighted by Gasteiger charge is 2.26. The van der Waals surface area contributed by atoms with E-state index in [0.29, 0.717) is 6.04 Å². The molecule has 19 heavy (non-hydrogen) atoms. The maximum atomic E-state index is 9.54. The zero-order valence-electron chi connectivity index (χ0n) is 11.7. The molecule has 1 aliphatic heterocycles. The van der Waals surface area contributed by atoms with Gasteiger partial charge in [0.05, 0.1) is 6.61 Å². The molecule has 0 radical (unpaired) electrons. The molecule has 1 saturated carbocycles. The van der Waals surface area contributed by atoms with Gasteiger partial charge in [-0.2, -0.15) is 0 Å². The fourth-order valence-electron chi connectivity index (χ4n) is 3.01. The van der Waals surface area contributed by atoms with Crippen molar-refractivity contribution in [3.8, 4) is 0 Å². The van der Waals surface area contributed by atoms with Crippen LogP contribution in [0.4, 0.5) is 5.69 Å². The van der Waals surface area contributed by atoms with E-state index in [-0.39, 0.29) is 12.6 Å². The van der Waals surface area contributed by atoms with Gasteiger partial charge in [0.1, 0.15) is 0 Å². The predicted octanol–water partition coefficient (Wildman–Crippen LogP) is 1.86. The smallest absolute Gasteiger partial charge is 0.0602 e. The lowest BCUT2D eigenvalue weighted by Gasteiger charge is -2.34. The van der Waals surface area contributed by atoms with Crippen molar-refractivity contribution in [1.82, 2.24) is 5.32 Å². The summed E-state index contributed by atoms with van der Waals surface area (Å²) in [5.41, 5.74) is 4.18. The Hall–Kier alpha value is -1.06. The molecule has 104 valence electrons. The van der Waals surface area contributed by atoms with Gasteiger partial charge in [0.2, 0.25) is 0 Å². The summed E-state index contributed by atoms with van der Waals surface area (Å²) in [7, 11) is 0. The van der Waals surface area contributed by atoms with Crippen LogP contribution in [0.2, 0.25) is 0 Å². The highest BCUT2D eigenvalue weighted by atomic mass is 16.3. The Morgan fingerprint density at radius 3 is 3.00 bits per heavy atom. The molecule has 0 bridgehead atoms. The zero-order valence-corrected chi connectivity index (χ0v) is 11.7. The van der Waals surface area contributed by atoms with E-state index >= 15 is 0 Å². The van der Waals surface area contributed by atoms with Crippen molar-refractivity contribution >= 4 is 5.69 Å². The summed E-state index contributed by atoms with van der Waals surface area (Å²) in [6.07, 6.45) is 4.95. The molecule has 0 saturated heterocycles. The largest absolute Gasteiger partial charge is 0.395 e. The standard InChI is InChI=1S/C16H24N2O/c1-12-4-7-16-13(9-12)3-2-8-18(16)10-15(11-19)17-14-5-6-14/h4,7,9,14-15,17,19H,2-3,5-6,8,10-11H2,1H3. The maximum Gasteiger partial charge on any atom is 0.0602 e. The number of fused-ring (bicyclic) bond motifs is 1. The summed E-state index contributed by atoms with van der Waals surface area (Å²) in [5.74, 6) is 0. The van der Waals surface area contributed by atoms with Gasteiger partial charge in [-0.3, -0.25) is 0 Å². The van der Waals surface area contributed by atoms with Gasteiger partial charge < -0.3 is 15.3 Å². The van der Waals surface area contributed by atoms with Crippen LogP contribution in [0.3, 0.4) is 0 Å². The molecular formula is C16H24N2O. The molecule has 1 fully saturated rings. The third-order valence-electron chi connectivity index (χ3n) is 4.16. The number of nitrogens with zero attached hydrogens (tertiary/aromatic N) is 1. The Balaban J connectivity index is 1.71. The van der Waals surface area contributed by atoms with Crippen molar-refractivity contribution in [1.29, 1.82) is 0 Å². The molecular weight excluding hydrogens is 236 g/mol. The first-order valence-electron chi connectivity index (χ1n) is 7.47. The van der Waals surface area contributed by atoms with Crippen LogP contribution in [-0.2, 0) is 6.42 Å². The summed E-state index contributed by atoms with van der Waals surface area (Å²) in [6, 6.07) is 7.61. The number of hydrogen-bond acceptors (Lipinski definition) is 3. The number of aryl methyl sites for hydroxylation is 2. The molecule has 1 aromatic carbocycles. The van der Waals surface area contributed by atoms with Gasteiger partial charge in [0.25, 0.3) is 0 Å². The second-order valence-corrected chi connectivity index (χ2v) is 6.00. The monoisotopic (exact) mass is 260 g/mol. The normalized spacial score (nSPS) is 20.2. The third-order valence-corrected chi connectivity index (χ3v) is 4.16. The first kappa shape index (κ1) is 12.9. The minimum absolute atomic E-state index is 0.208. The summed E-state index contributed by atoms with van der Waals surface area (Å²) in [4.78, 5) is 2.44. The molecule has 3 heteroatoms. The van der Waals surface area contributed by atoms with Crippen LogP contribution in [0, 0.1) is 6.92 Å². The second kappa shape index (κ2) is 5.51. The average Bonchev–Trinajstić information content (AvgIpc) is 3.21. The van der Waals surface area contributed by atoms with E-state index in [1.54, 1.807) is 0 Å². The molecule has 1 heterocycles. The molecule has 3 nitrogen and oxygen atoms in total. The molecule has 1 atom stereocenters. The molecule has 1 aromatic rings. The summed E-state index contributed by atoms with van der Waals surface area (Å²) in [6.45, 7) is 4.42. The van der Waals surface area contributed by atoms with Gasteiger partial charge in [-0.05, 0) is 44.2 Å². The van der Waals surface area contributed by atoms with Crippen LogP contribution in [-0.4, -0.2) is 36.9 Å². The first-order valence-corrected chi connectivity index (χ1v) is 7.47. The molecule has 0 amide bonds. The Morgan fingerprint density at radius 1 is 1.42 bits per heavy atom. The molecule has 1 aliphatic carbocycles. The van der Waals surface area contributed by atoms with Crippen molar-refractivity contribution in [3.63, 3.8) is 0 Å². The van der Waals surface area contributed by atoms with Crippen LogP contribution >= 0.6 is 0 Å². The SMILES string of the molecule is Cc1ccc2c(c1)CCCN2CC(CO)NC1CC1. The van der Waals surface area contributed by atoms with E-state index in [4.69, 9.17) is 0 Å². The van der Waals surface area contributed by atoms with Crippen LogP contribution in [0.15, 0.2) is 18.2 Å². The highest BCUT2D eigenvalue weighted by Crippen LogP contribution is 2.28. The molecule has 3 rings (SSSR count).